The fourth-order valence-corrected chi connectivity index (χ4v) is 3.74. The monoisotopic (exact) mass is 483 g/mol. The van der Waals surface area contributed by atoms with Gasteiger partial charge in [0.05, 0.1) is 6.54 Å². The summed E-state index contributed by atoms with van der Waals surface area (Å²) in [6.07, 6.45) is 3.18. The second-order valence-electron chi connectivity index (χ2n) is 6.26. The van der Waals surface area contributed by atoms with E-state index in [0.717, 1.165) is 19.8 Å². The molecule has 0 saturated carbocycles. The van der Waals surface area contributed by atoms with Crippen LogP contribution >= 0.6 is 27.3 Å². The fraction of sp³-hybridized carbons (Fsp3) is 0.0455. The Kier molecular flexibility index (Phi) is 7.16. The summed E-state index contributed by atoms with van der Waals surface area (Å²) in [5.74, 6) is -1.39. The van der Waals surface area contributed by atoms with Crippen molar-refractivity contribution in [2.75, 3.05) is 11.9 Å². The van der Waals surface area contributed by atoms with Crippen LogP contribution in [0.3, 0.4) is 0 Å². The van der Waals surface area contributed by atoms with Gasteiger partial charge in [0, 0.05) is 31.6 Å². The molecule has 3 aromatic rings. The summed E-state index contributed by atoms with van der Waals surface area (Å²) in [6.45, 7) is -0.249. The Hall–Kier alpha value is -3.23. The summed E-state index contributed by atoms with van der Waals surface area (Å²) in [6, 6.07) is 18.4. The molecule has 0 aliphatic carbocycles. The van der Waals surface area contributed by atoms with Crippen molar-refractivity contribution in [1.29, 1.82) is 0 Å². The van der Waals surface area contributed by atoms with E-state index in [1.165, 1.54) is 12.1 Å². The molecule has 3 rings (SSSR count). The molecule has 6 nitrogen and oxygen atoms in total. The number of carbonyl (C=O) groups is 3. The van der Waals surface area contributed by atoms with Crippen LogP contribution in [0.2, 0.25) is 0 Å². The number of primary amides is 1. The Balaban J connectivity index is 1.61. The number of nitrogens with one attached hydrogen (secondary N) is 2. The van der Waals surface area contributed by atoms with Crippen LogP contribution in [0.1, 0.15) is 15.2 Å². The number of hydrogen-bond acceptors (Lipinski definition) is 4. The summed E-state index contributed by atoms with van der Waals surface area (Å²) in [7, 11) is 0. The van der Waals surface area contributed by atoms with Crippen molar-refractivity contribution in [3.05, 3.63) is 81.7 Å². The molecule has 0 atom stereocenters. The normalized spacial score (nSPS) is 10.7. The third-order valence-electron chi connectivity index (χ3n) is 3.97. The summed E-state index contributed by atoms with van der Waals surface area (Å²) in [4.78, 5) is 37.1. The second-order valence-corrected chi connectivity index (χ2v) is 8.29. The van der Waals surface area contributed by atoms with Crippen molar-refractivity contribution in [2.24, 2.45) is 5.73 Å². The third-order valence-corrected chi connectivity index (χ3v) is 5.60. The lowest BCUT2D eigenvalue weighted by molar-refractivity contribution is -0.117. The van der Waals surface area contributed by atoms with E-state index in [9.17, 15) is 14.4 Å². The third kappa shape index (κ3) is 6.13. The Labute approximate surface area is 185 Å². The lowest BCUT2D eigenvalue weighted by atomic mass is 10.2. The fourth-order valence-electron chi connectivity index (χ4n) is 2.56. The van der Waals surface area contributed by atoms with E-state index in [0.29, 0.717) is 11.3 Å². The van der Waals surface area contributed by atoms with Crippen LogP contribution in [-0.4, -0.2) is 24.3 Å². The van der Waals surface area contributed by atoms with Gasteiger partial charge in [0.2, 0.25) is 11.8 Å². The van der Waals surface area contributed by atoms with E-state index in [1.807, 2.05) is 36.4 Å². The highest BCUT2D eigenvalue weighted by Crippen LogP contribution is 2.29. The number of hydrogen-bond donors (Lipinski definition) is 3. The largest absolute Gasteiger partial charge is 0.368 e. The van der Waals surface area contributed by atoms with Gasteiger partial charge in [-0.1, -0.05) is 34.1 Å². The van der Waals surface area contributed by atoms with Crippen LogP contribution in [0.5, 0.6) is 0 Å². The average molecular weight is 484 g/mol. The SMILES string of the molecule is NC(=O)CNC(=O)c1cccc(NC(=O)C=Cc2ccc(-c3ccc(Br)cc3)s2)c1. The average Bonchev–Trinajstić information content (AvgIpc) is 3.20. The molecule has 152 valence electrons. The van der Waals surface area contributed by atoms with Gasteiger partial charge in [-0.3, -0.25) is 14.4 Å². The van der Waals surface area contributed by atoms with Gasteiger partial charge < -0.3 is 16.4 Å². The Bertz CT molecular complexity index is 1110. The molecule has 8 heteroatoms. The zero-order valence-corrected chi connectivity index (χ0v) is 18.1. The predicted octanol–water partition coefficient (Wildman–Crippen LogP) is 4.04. The van der Waals surface area contributed by atoms with Crippen molar-refractivity contribution in [1.82, 2.24) is 5.32 Å². The number of nitrogens with two attached hydrogens (primary N) is 1. The number of amides is 3. The molecule has 1 aromatic heterocycles. The number of carbonyl (C=O) groups excluding carboxylic acids is 3. The van der Waals surface area contributed by atoms with E-state index >= 15 is 0 Å². The van der Waals surface area contributed by atoms with Crippen LogP contribution in [0.15, 0.2) is 71.2 Å². The maximum atomic E-state index is 12.2. The summed E-state index contributed by atoms with van der Waals surface area (Å²) < 4.78 is 1.02. The molecule has 2 aromatic carbocycles. The second kappa shape index (κ2) is 10.00. The number of thiophene rings is 1. The molecule has 30 heavy (non-hydrogen) atoms. The number of rotatable bonds is 7. The molecule has 0 radical (unpaired) electrons. The van der Waals surface area contributed by atoms with Crippen molar-refractivity contribution in [2.45, 2.75) is 0 Å². The highest BCUT2D eigenvalue weighted by atomic mass is 79.9. The van der Waals surface area contributed by atoms with Gasteiger partial charge >= 0.3 is 0 Å². The summed E-state index contributed by atoms with van der Waals surface area (Å²) in [5, 5.41) is 5.12. The van der Waals surface area contributed by atoms with Crippen LogP contribution in [0.4, 0.5) is 5.69 Å². The zero-order valence-electron chi connectivity index (χ0n) is 15.7. The van der Waals surface area contributed by atoms with Gasteiger partial charge in [-0.05, 0) is 54.1 Å². The molecule has 0 saturated heterocycles. The van der Waals surface area contributed by atoms with Gasteiger partial charge in [0.25, 0.3) is 5.91 Å². The van der Waals surface area contributed by atoms with Gasteiger partial charge in [0.1, 0.15) is 0 Å². The van der Waals surface area contributed by atoms with E-state index in [1.54, 1.807) is 35.6 Å². The van der Waals surface area contributed by atoms with Crippen molar-refractivity contribution in [3.63, 3.8) is 0 Å². The van der Waals surface area contributed by atoms with Crippen molar-refractivity contribution >= 4 is 56.8 Å². The van der Waals surface area contributed by atoms with Crippen LogP contribution in [0.25, 0.3) is 16.5 Å². The van der Waals surface area contributed by atoms with Crippen molar-refractivity contribution in [3.8, 4) is 10.4 Å². The van der Waals surface area contributed by atoms with Crippen LogP contribution in [-0.2, 0) is 9.59 Å². The van der Waals surface area contributed by atoms with Gasteiger partial charge in [-0.15, -0.1) is 11.3 Å². The standard InChI is InChI=1S/C22H18BrN3O3S/c23-16-6-4-14(5-7-16)19-10-8-18(30-19)9-11-21(28)26-17-3-1-2-15(12-17)22(29)25-13-20(24)27/h1-12H,13H2,(H2,24,27)(H,25,29)(H,26,28). The summed E-state index contributed by atoms with van der Waals surface area (Å²) >= 11 is 5.01. The smallest absolute Gasteiger partial charge is 0.251 e. The first-order chi connectivity index (χ1) is 14.4. The highest BCUT2D eigenvalue weighted by Gasteiger charge is 2.08. The summed E-state index contributed by atoms with van der Waals surface area (Å²) in [5.41, 5.74) is 6.91. The molecule has 0 unspecified atom stereocenters. The maximum absolute atomic E-state index is 12.2. The molecular weight excluding hydrogens is 466 g/mol. The molecule has 0 aliphatic rings. The molecule has 0 bridgehead atoms. The van der Waals surface area contributed by atoms with Gasteiger partial charge in [-0.2, -0.15) is 0 Å². The van der Waals surface area contributed by atoms with E-state index in [4.69, 9.17) is 5.73 Å². The number of halogens is 1. The lowest BCUT2D eigenvalue weighted by Crippen LogP contribution is -2.33. The topological polar surface area (TPSA) is 101 Å². The zero-order chi connectivity index (χ0) is 21.5. The lowest BCUT2D eigenvalue weighted by Gasteiger charge is -2.06. The van der Waals surface area contributed by atoms with E-state index in [-0.39, 0.29) is 12.5 Å². The first kappa shape index (κ1) is 21.5. The maximum Gasteiger partial charge on any atom is 0.251 e. The minimum atomic E-state index is -0.630. The first-order valence-electron chi connectivity index (χ1n) is 8.92. The Morgan fingerprint density at radius 1 is 1.03 bits per heavy atom. The predicted molar refractivity (Wildman–Crippen MR) is 123 cm³/mol. The Morgan fingerprint density at radius 2 is 1.80 bits per heavy atom. The van der Waals surface area contributed by atoms with Gasteiger partial charge in [-0.25, -0.2) is 0 Å². The van der Waals surface area contributed by atoms with Crippen molar-refractivity contribution < 1.29 is 14.4 Å². The van der Waals surface area contributed by atoms with Crippen LogP contribution in [0, 0.1) is 0 Å². The quantitative estimate of drug-likeness (QED) is 0.441. The first-order valence-corrected chi connectivity index (χ1v) is 10.5. The Morgan fingerprint density at radius 3 is 2.53 bits per heavy atom. The molecular formula is C22H18BrN3O3S. The molecule has 0 spiro atoms. The molecule has 0 aliphatic heterocycles. The highest BCUT2D eigenvalue weighted by molar-refractivity contribution is 9.10. The number of anilines is 1. The van der Waals surface area contributed by atoms with E-state index < -0.39 is 11.8 Å². The molecule has 1 heterocycles. The number of benzene rings is 2. The molecule has 3 amide bonds. The van der Waals surface area contributed by atoms with E-state index in [2.05, 4.69) is 26.6 Å². The molecule has 0 fully saturated rings. The minimum absolute atomic E-state index is 0.249. The molecule has 4 N–H and O–H groups in total. The van der Waals surface area contributed by atoms with Crippen LogP contribution < -0.4 is 16.4 Å². The minimum Gasteiger partial charge on any atom is -0.368 e. The van der Waals surface area contributed by atoms with Gasteiger partial charge in [0.15, 0.2) is 0 Å².